The van der Waals surface area contributed by atoms with Crippen LogP contribution in [-0.2, 0) is 11.2 Å². The second kappa shape index (κ2) is 9.01. The van der Waals surface area contributed by atoms with Crippen LogP contribution in [0.3, 0.4) is 0 Å². The minimum Gasteiger partial charge on any atom is -0.497 e. The number of carbonyl (C=O) groups is 1. The number of rotatable bonds is 6. The predicted octanol–water partition coefficient (Wildman–Crippen LogP) is 4.25. The van der Waals surface area contributed by atoms with Gasteiger partial charge < -0.3 is 15.5 Å². The number of fused-ring (bicyclic) bond motifs is 1. The summed E-state index contributed by atoms with van der Waals surface area (Å²) in [5.41, 5.74) is 7.51. The number of aryl methyl sites for hydroxylation is 3. The summed E-state index contributed by atoms with van der Waals surface area (Å²) < 4.78 is 7.22. The molecule has 0 saturated carbocycles. The first-order chi connectivity index (χ1) is 15.0. The summed E-state index contributed by atoms with van der Waals surface area (Å²) in [4.78, 5) is 13.4. The van der Waals surface area contributed by atoms with Gasteiger partial charge in [-0.3, -0.25) is 4.79 Å². The van der Waals surface area contributed by atoms with Crippen molar-refractivity contribution in [1.29, 1.82) is 0 Å². The molecule has 2 N–H and O–H groups in total. The summed E-state index contributed by atoms with van der Waals surface area (Å²) >= 11 is 1.44. The molecule has 8 heteroatoms. The number of nitrogens with zero attached hydrogens (tertiary/aromatic N) is 3. The zero-order valence-corrected chi connectivity index (χ0v) is 19.0. The number of ether oxygens (including phenoxy) is 1. The zero-order chi connectivity index (χ0) is 22.0. The molecule has 1 aromatic heterocycles. The molecule has 2 heterocycles. The van der Waals surface area contributed by atoms with E-state index in [1.165, 1.54) is 11.8 Å². The minimum absolute atomic E-state index is 0.0744. The molecule has 1 aliphatic rings. The van der Waals surface area contributed by atoms with Crippen LogP contribution >= 0.6 is 11.8 Å². The van der Waals surface area contributed by atoms with Gasteiger partial charge in [0.05, 0.1) is 13.2 Å². The van der Waals surface area contributed by atoms with Crippen LogP contribution in [0.25, 0.3) is 0 Å². The van der Waals surface area contributed by atoms with Crippen LogP contribution in [0.1, 0.15) is 41.9 Å². The summed E-state index contributed by atoms with van der Waals surface area (Å²) in [6.07, 6.45) is 1.78. The van der Waals surface area contributed by atoms with Gasteiger partial charge in [0.2, 0.25) is 11.1 Å². The van der Waals surface area contributed by atoms with E-state index in [1.54, 1.807) is 7.11 Å². The molecule has 4 rings (SSSR count). The molecule has 162 valence electrons. The molecule has 7 nitrogen and oxygen atoms in total. The van der Waals surface area contributed by atoms with E-state index in [2.05, 4.69) is 33.9 Å². The van der Waals surface area contributed by atoms with Crippen molar-refractivity contribution in [2.75, 3.05) is 17.9 Å². The number of amides is 1. The standard InChI is InChI=1S/C23H27N5O2S/c1-5-6-19-25-26-23-28(19)27-20(16-7-9-18(30-4)10-8-16)21(31-23)22(29)24-17-12-14(2)11-15(3)13-17/h7-13,20-21,27H,5-6H2,1-4H3,(H,24,29). The quantitative estimate of drug-likeness (QED) is 0.600. The summed E-state index contributed by atoms with van der Waals surface area (Å²) in [6, 6.07) is 13.6. The van der Waals surface area contributed by atoms with Crippen LogP contribution < -0.4 is 15.5 Å². The van der Waals surface area contributed by atoms with Gasteiger partial charge in [0, 0.05) is 12.1 Å². The molecular formula is C23H27N5O2S. The van der Waals surface area contributed by atoms with Crippen molar-refractivity contribution < 1.29 is 9.53 Å². The second-order valence-electron chi connectivity index (χ2n) is 7.77. The summed E-state index contributed by atoms with van der Waals surface area (Å²) in [7, 11) is 1.64. The highest BCUT2D eigenvalue weighted by Gasteiger charge is 2.37. The lowest BCUT2D eigenvalue weighted by atomic mass is 10.0. The lowest BCUT2D eigenvalue weighted by Crippen LogP contribution is -2.41. The number of carbonyl (C=O) groups excluding carboxylic acids is 1. The Bertz CT molecular complexity index is 1060. The van der Waals surface area contributed by atoms with E-state index in [0.717, 1.165) is 46.8 Å². The lowest BCUT2D eigenvalue weighted by molar-refractivity contribution is -0.116. The zero-order valence-electron chi connectivity index (χ0n) is 18.2. The Morgan fingerprint density at radius 2 is 1.87 bits per heavy atom. The third-order valence-corrected chi connectivity index (χ3v) is 6.42. The predicted molar refractivity (Wildman–Crippen MR) is 123 cm³/mol. The Morgan fingerprint density at radius 3 is 2.52 bits per heavy atom. The monoisotopic (exact) mass is 437 g/mol. The summed E-state index contributed by atoms with van der Waals surface area (Å²) in [6.45, 7) is 6.16. The van der Waals surface area contributed by atoms with Crippen molar-refractivity contribution in [3.05, 3.63) is 65.0 Å². The van der Waals surface area contributed by atoms with Crippen molar-refractivity contribution in [3.63, 3.8) is 0 Å². The third-order valence-electron chi connectivity index (χ3n) is 5.20. The van der Waals surface area contributed by atoms with Crippen molar-refractivity contribution in [2.24, 2.45) is 0 Å². The number of anilines is 1. The van der Waals surface area contributed by atoms with Gasteiger partial charge in [-0.2, -0.15) is 0 Å². The molecule has 2 unspecified atom stereocenters. The highest BCUT2D eigenvalue weighted by molar-refractivity contribution is 8.00. The first-order valence-electron chi connectivity index (χ1n) is 10.4. The largest absolute Gasteiger partial charge is 0.497 e. The Balaban J connectivity index is 1.66. The molecule has 31 heavy (non-hydrogen) atoms. The summed E-state index contributed by atoms with van der Waals surface area (Å²) in [5.74, 6) is 1.58. The average molecular weight is 438 g/mol. The van der Waals surface area contributed by atoms with Crippen molar-refractivity contribution in [1.82, 2.24) is 14.9 Å². The van der Waals surface area contributed by atoms with Crippen LogP contribution in [0.2, 0.25) is 0 Å². The minimum atomic E-state index is -0.416. The molecule has 0 bridgehead atoms. The number of thioether (sulfide) groups is 1. The van der Waals surface area contributed by atoms with Crippen LogP contribution in [0.5, 0.6) is 5.75 Å². The lowest BCUT2D eigenvalue weighted by Gasteiger charge is -2.33. The summed E-state index contributed by atoms with van der Waals surface area (Å²) in [5, 5.41) is 12.0. The van der Waals surface area contributed by atoms with Gasteiger partial charge in [-0.15, -0.1) is 10.2 Å². The van der Waals surface area contributed by atoms with E-state index in [4.69, 9.17) is 4.74 Å². The van der Waals surface area contributed by atoms with E-state index in [-0.39, 0.29) is 11.9 Å². The Labute approximate surface area is 186 Å². The van der Waals surface area contributed by atoms with Crippen LogP contribution in [0, 0.1) is 13.8 Å². The van der Waals surface area contributed by atoms with E-state index >= 15 is 0 Å². The smallest absolute Gasteiger partial charge is 0.240 e. The molecule has 3 aromatic rings. The van der Waals surface area contributed by atoms with E-state index in [0.29, 0.717) is 5.16 Å². The molecular weight excluding hydrogens is 410 g/mol. The molecule has 1 aliphatic heterocycles. The number of benzene rings is 2. The average Bonchev–Trinajstić information content (AvgIpc) is 3.14. The maximum Gasteiger partial charge on any atom is 0.240 e. The second-order valence-corrected chi connectivity index (χ2v) is 8.88. The highest BCUT2D eigenvalue weighted by Crippen LogP contribution is 2.38. The number of aromatic nitrogens is 3. The van der Waals surface area contributed by atoms with E-state index in [1.807, 2.05) is 54.9 Å². The molecule has 0 radical (unpaired) electrons. The van der Waals surface area contributed by atoms with Crippen molar-refractivity contribution >= 4 is 23.4 Å². The van der Waals surface area contributed by atoms with Crippen molar-refractivity contribution in [3.8, 4) is 5.75 Å². The Hall–Kier alpha value is -3.00. The van der Waals surface area contributed by atoms with Gasteiger partial charge in [0.25, 0.3) is 0 Å². The van der Waals surface area contributed by atoms with Gasteiger partial charge in [0.1, 0.15) is 11.0 Å². The van der Waals surface area contributed by atoms with Gasteiger partial charge in [-0.1, -0.05) is 36.9 Å². The van der Waals surface area contributed by atoms with Gasteiger partial charge in [-0.25, -0.2) is 4.68 Å². The number of methoxy groups -OCH3 is 1. The van der Waals surface area contributed by atoms with E-state index in [9.17, 15) is 4.79 Å². The first kappa shape index (κ1) is 21.2. The maximum atomic E-state index is 13.4. The first-order valence-corrected chi connectivity index (χ1v) is 11.3. The normalized spacial score (nSPS) is 17.5. The van der Waals surface area contributed by atoms with Crippen LogP contribution in [0.4, 0.5) is 5.69 Å². The van der Waals surface area contributed by atoms with Gasteiger partial charge in [-0.05, 0) is 61.2 Å². The molecule has 0 aliphatic carbocycles. The molecule has 0 spiro atoms. The molecule has 0 saturated heterocycles. The molecule has 2 atom stereocenters. The Kier molecular flexibility index (Phi) is 6.18. The highest BCUT2D eigenvalue weighted by atomic mass is 32.2. The van der Waals surface area contributed by atoms with Gasteiger partial charge in [0.15, 0.2) is 5.82 Å². The topological polar surface area (TPSA) is 81.1 Å². The SMILES string of the molecule is CCCc1nnc2n1NC(c1ccc(OC)cc1)C(C(=O)Nc1cc(C)cc(C)c1)S2. The number of nitrogens with one attached hydrogen (secondary N) is 2. The molecule has 0 fully saturated rings. The molecule has 1 amide bonds. The maximum absolute atomic E-state index is 13.4. The number of hydrogen-bond acceptors (Lipinski definition) is 6. The fourth-order valence-electron chi connectivity index (χ4n) is 3.81. The van der Waals surface area contributed by atoms with E-state index < -0.39 is 5.25 Å². The number of hydrogen-bond donors (Lipinski definition) is 2. The third kappa shape index (κ3) is 4.54. The fraction of sp³-hybridized carbons (Fsp3) is 0.348. The van der Waals surface area contributed by atoms with Crippen LogP contribution in [-0.4, -0.2) is 33.1 Å². The van der Waals surface area contributed by atoms with Gasteiger partial charge >= 0.3 is 0 Å². The fourth-order valence-corrected chi connectivity index (χ4v) is 4.90. The Morgan fingerprint density at radius 1 is 1.16 bits per heavy atom. The molecule has 2 aromatic carbocycles. The van der Waals surface area contributed by atoms with Crippen molar-refractivity contribution in [2.45, 2.75) is 50.1 Å². The van der Waals surface area contributed by atoms with Crippen LogP contribution in [0.15, 0.2) is 47.6 Å².